The van der Waals surface area contributed by atoms with E-state index in [4.69, 9.17) is 11.6 Å². The molecule has 1 aromatic carbocycles. The van der Waals surface area contributed by atoms with Crippen molar-refractivity contribution in [1.29, 1.82) is 0 Å². The molecule has 1 saturated carbocycles. The van der Waals surface area contributed by atoms with Crippen LogP contribution in [0.3, 0.4) is 0 Å². The van der Waals surface area contributed by atoms with Crippen LogP contribution in [-0.2, 0) is 16.0 Å². The summed E-state index contributed by atoms with van der Waals surface area (Å²) < 4.78 is 0. The first-order chi connectivity index (χ1) is 17.5. The van der Waals surface area contributed by atoms with Crippen molar-refractivity contribution in [1.82, 2.24) is 20.0 Å². The zero-order valence-electron chi connectivity index (χ0n) is 22.1. The third-order valence-corrected chi connectivity index (χ3v) is 8.67. The molecule has 0 aromatic heterocycles. The van der Waals surface area contributed by atoms with Crippen molar-refractivity contribution in [2.24, 2.45) is 5.92 Å². The lowest BCUT2D eigenvalue weighted by Crippen LogP contribution is -2.58. The van der Waals surface area contributed by atoms with Gasteiger partial charge in [-0.05, 0) is 56.0 Å². The Labute approximate surface area is 222 Å². The molecular weight excluding hydrogens is 472 g/mol. The van der Waals surface area contributed by atoms with Crippen molar-refractivity contribution in [3.05, 3.63) is 34.9 Å². The van der Waals surface area contributed by atoms with Gasteiger partial charge in [-0.25, -0.2) is 0 Å². The van der Waals surface area contributed by atoms with Gasteiger partial charge in [0.2, 0.25) is 11.8 Å². The predicted molar refractivity (Wildman–Crippen MR) is 146 cm³/mol. The number of carbonyl (C=O) groups is 2. The highest BCUT2D eigenvalue weighted by Crippen LogP contribution is 2.29. The van der Waals surface area contributed by atoms with Crippen molar-refractivity contribution >= 4 is 23.4 Å². The fraction of sp³-hybridized carbons (Fsp3) is 0.724. The minimum Gasteiger partial charge on any atom is -0.344 e. The molecule has 3 fully saturated rings. The molecule has 0 spiro atoms. The van der Waals surface area contributed by atoms with Gasteiger partial charge in [0.25, 0.3) is 0 Å². The van der Waals surface area contributed by atoms with Crippen molar-refractivity contribution in [2.75, 3.05) is 45.8 Å². The third kappa shape index (κ3) is 8.19. The molecular formula is C29H45ClN4O2. The van der Waals surface area contributed by atoms with Gasteiger partial charge in [0.1, 0.15) is 6.04 Å². The summed E-state index contributed by atoms with van der Waals surface area (Å²) in [5.41, 5.74) is 0.999. The van der Waals surface area contributed by atoms with Gasteiger partial charge in [0, 0.05) is 57.1 Å². The van der Waals surface area contributed by atoms with Gasteiger partial charge in [-0.3, -0.25) is 14.5 Å². The molecule has 3 aliphatic rings. The molecule has 1 aliphatic carbocycles. The molecule has 0 bridgehead atoms. The van der Waals surface area contributed by atoms with Gasteiger partial charge in [-0.1, -0.05) is 62.3 Å². The molecule has 0 radical (unpaired) electrons. The van der Waals surface area contributed by atoms with Crippen LogP contribution < -0.4 is 5.32 Å². The molecule has 2 heterocycles. The number of halogens is 1. The number of piperazine rings is 1. The second-order valence-corrected chi connectivity index (χ2v) is 11.6. The molecule has 2 atom stereocenters. The fourth-order valence-electron chi connectivity index (χ4n) is 6.42. The summed E-state index contributed by atoms with van der Waals surface area (Å²) in [4.78, 5) is 32.7. The van der Waals surface area contributed by atoms with Crippen molar-refractivity contribution in [3.8, 4) is 0 Å². The topological polar surface area (TPSA) is 55.9 Å². The number of hydrogen-bond donors (Lipinski definition) is 1. The summed E-state index contributed by atoms with van der Waals surface area (Å²) in [6.45, 7) is 8.44. The SMILES string of the molecule is CC(=O)NC(Cc1ccc(Cl)cc1)C(=O)N1CCN(C(CC2CCCCC2)CN2CCCCC2)CC1. The third-order valence-electron chi connectivity index (χ3n) is 8.42. The lowest BCUT2D eigenvalue weighted by molar-refractivity contribution is -0.138. The standard InChI is InChI=1S/C29H45ClN4O2/c1-23(35)31-28(21-25-10-12-26(30)13-11-25)29(36)34-18-16-33(17-19-34)27(20-24-8-4-2-5-9-24)22-32-14-6-3-7-15-32/h10-13,24,27-28H,2-9,14-22H2,1H3,(H,31,35). The molecule has 2 saturated heterocycles. The molecule has 200 valence electrons. The number of carbonyl (C=O) groups excluding carboxylic acids is 2. The maximum Gasteiger partial charge on any atom is 0.245 e. The van der Waals surface area contributed by atoms with Gasteiger partial charge in [0.15, 0.2) is 0 Å². The highest BCUT2D eigenvalue weighted by Gasteiger charge is 2.32. The number of piperidine rings is 1. The lowest BCUT2D eigenvalue weighted by Gasteiger charge is -2.43. The normalized spacial score (nSPS) is 22.2. The van der Waals surface area contributed by atoms with Crippen LogP contribution in [0.4, 0.5) is 0 Å². The molecule has 6 nitrogen and oxygen atoms in total. The van der Waals surface area contributed by atoms with Crippen LogP contribution in [0, 0.1) is 5.92 Å². The highest BCUT2D eigenvalue weighted by atomic mass is 35.5. The van der Waals surface area contributed by atoms with Crippen LogP contribution in [0.15, 0.2) is 24.3 Å². The van der Waals surface area contributed by atoms with Crippen molar-refractivity contribution in [3.63, 3.8) is 0 Å². The zero-order chi connectivity index (χ0) is 25.3. The molecule has 1 N–H and O–H groups in total. The van der Waals surface area contributed by atoms with Gasteiger partial charge >= 0.3 is 0 Å². The summed E-state index contributed by atoms with van der Waals surface area (Å²) in [5, 5.41) is 3.57. The van der Waals surface area contributed by atoms with Gasteiger partial charge in [-0.15, -0.1) is 0 Å². The minimum absolute atomic E-state index is 0.0275. The van der Waals surface area contributed by atoms with Gasteiger partial charge < -0.3 is 15.1 Å². The predicted octanol–water partition coefficient (Wildman–Crippen LogP) is 4.36. The zero-order valence-corrected chi connectivity index (χ0v) is 22.9. The molecule has 36 heavy (non-hydrogen) atoms. The number of hydrogen-bond acceptors (Lipinski definition) is 4. The molecule has 2 unspecified atom stereocenters. The van der Waals surface area contributed by atoms with Crippen LogP contribution in [-0.4, -0.2) is 84.4 Å². The summed E-state index contributed by atoms with van der Waals surface area (Å²) in [6.07, 6.45) is 12.8. The van der Waals surface area contributed by atoms with Crippen LogP contribution in [0.25, 0.3) is 0 Å². The fourth-order valence-corrected chi connectivity index (χ4v) is 6.54. The van der Waals surface area contributed by atoms with Crippen molar-refractivity contribution < 1.29 is 9.59 Å². The molecule has 7 heteroatoms. The second-order valence-electron chi connectivity index (χ2n) is 11.2. The Hall–Kier alpha value is -1.63. The highest BCUT2D eigenvalue weighted by molar-refractivity contribution is 6.30. The van der Waals surface area contributed by atoms with E-state index in [1.807, 2.05) is 29.2 Å². The van der Waals surface area contributed by atoms with E-state index in [9.17, 15) is 9.59 Å². The van der Waals surface area contributed by atoms with E-state index in [0.717, 1.165) is 37.7 Å². The second kappa shape index (κ2) is 13.8. The quantitative estimate of drug-likeness (QED) is 0.530. The van der Waals surface area contributed by atoms with E-state index in [1.54, 1.807) is 0 Å². The van der Waals surface area contributed by atoms with Crippen LogP contribution in [0.2, 0.25) is 5.02 Å². The number of nitrogens with zero attached hydrogens (tertiary/aromatic N) is 3. The number of benzene rings is 1. The number of rotatable bonds is 9. The van der Waals surface area contributed by atoms with E-state index in [2.05, 4.69) is 15.1 Å². The summed E-state index contributed by atoms with van der Waals surface area (Å²) in [7, 11) is 0. The number of amides is 2. The van der Waals surface area contributed by atoms with Crippen LogP contribution in [0.5, 0.6) is 0 Å². The number of nitrogens with one attached hydrogen (secondary N) is 1. The molecule has 4 rings (SSSR count). The first-order valence-corrected chi connectivity index (χ1v) is 14.6. The van der Waals surface area contributed by atoms with Crippen LogP contribution >= 0.6 is 11.6 Å². The molecule has 1 aromatic rings. The van der Waals surface area contributed by atoms with E-state index < -0.39 is 6.04 Å². The van der Waals surface area contributed by atoms with Gasteiger partial charge in [-0.2, -0.15) is 0 Å². The minimum atomic E-state index is -0.540. The Kier molecular flexibility index (Phi) is 10.5. The first-order valence-electron chi connectivity index (χ1n) is 14.2. The van der Waals surface area contributed by atoms with Gasteiger partial charge in [0.05, 0.1) is 0 Å². The van der Waals surface area contributed by atoms with E-state index in [0.29, 0.717) is 17.5 Å². The number of likely N-dealkylation sites (tertiary alicyclic amines) is 1. The Balaban J connectivity index is 1.36. The lowest BCUT2D eigenvalue weighted by atomic mass is 9.84. The smallest absolute Gasteiger partial charge is 0.245 e. The summed E-state index contributed by atoms with van der Waals surface area (Å²) >= 11 is 6.03. The molecule has 2 amide bonds. The molecule has 2 aliphatic heterocycles. The van der Waals surface area contributed by atoms with E-state index in [1.165, 1.54) is 84.3 Å². The maximum absolute atomic E-state index is 13.5. The Morgan fingerprint density at radius 2 is 1.56 bits per heavy atom. The summed E-state index contributed by atoms with van der Waals surface area (Å²) in [6, 6.07) is 7.57. The van der Waals surface area contributed by atoms with E-state index >= 15 is 0 Å². The monoisotopic (exact) mass is 516 g/mol. The first kappa shape index (κ1) is 27.4. The van der Waals surface area contributed by atoms with Crippen LogP contribution in [0.1, 0.15) is 70.3 Å². The average molecular weight is 517 g/mol. The Morgan fingerprint density at radius 3 is 2.19 bits per heavy atom. The largest absolute Gasteiger partial charge is 0.344 e. The maximum atomic E-state index is 13.5. The Morgan fingerprint density at radius 1 is 0.917 bits per heavy atom. The average Bonchev–Trinajstić information content (AvgIpc) is 2.90. The Bertz CT molecular complexity index is 808. The summed E-state index contributed by atoms with van der Waals surface area (Å²) in [5.74, 6) is 0.714. The van der Waals surface area contributed by atoms with Crippen molar-refractivity contribution in [2.45, 2.75) is 83.2 Å². The van der Waals surface area contributed by atoms with E-state index in [-0.39, 0.29) is 11.8 Å².